The van der Waals surface area contributed by atoms with Gasteiger partial charge in [0, 0.05) is 30.9 Å². The maximum absolute atomic E-state index is 12.1. The van der Waals surface area contributed by atoms with Crippen molar-refractivity contribution in [2.45, 2.75) is 32.9 Å². The van der Waals surface area contributed by atoms with E-state index in [1.54, 1.807) is 17.3 Å². The van der Waals surface area contributed by atoms with Crippen LogP contribution in [0.1, 0.15) is 26.1 Å². The van der Waals surface area contributed by atoms with Crippen LogP contribution in [0.15, 0.2) is 16.9 Å². The number of hydrogen-bond acceptors (Lipinski definition) is 4. The number of nitrogens with zero attached hydrogens (tertiary/aromatic N) is 3. The lowest BCUT2D eigenvalue weighted by Crippen LogP contribution is -2.53. The molecule has 6 nitrogen and oxygen atoms in total. The summed E-state index contributed by atoms with van der Waals surface area (Å²) < 4.78 is 0.805. The quantitative estimate of drug-likeness (QED) is 0.854. The van der Waals surface area contributed by atoms with Crippen LogP contribution in [0.3, 0.4) is 0 Å². The van der Waals surface area contributed by atoms with E-state index in [-0.39, 0.29) is 17.6 Å². The van der Waals surface area contributed by atoms with Crippen LogP contribution in [0.5, 0.6) is 0 Å². The van der Waals surface area contributed by atoms with Crippen LogP contribution >= 0.6 is 15.9 Å². The molecule has 0 aromatic carbocycles. The first kappa shape index (κ1) is 15.2. The van der Waals surface area contributed by atoms with E-state index in [9.17, 15) is 9.90 Å². The van der Waals surface area contributed by atoms with Gasteiger partial charge in [-0.1, -0.05) is 13.8 Å². The van der Waals surface area contributed by atoms with E-state index in [1.807, 2.05) is 13.8 Å². The van der Waals surface area contributed by atoms with Gasteiger partial charge in [0.15, 0.2) is 0 Å². The van der Waals surface area contributed by atoms with Gasteiger partial charge in [-0.25, -0.2) is 14.8 Å². The highest BCUT2D eigenvalue weighted by Gasteiger charge is 2.36. The smallest absolute Gasteiger partial charge is 0.317 e. The zero-order valence-electron chi connectivity index (χ0n) is 11.6. The maximum Gasteiger partial charge on any atom is 0.317 e. The van der Waals surface area contributed by atoms with E-state index in [4.69, 9.17) is 0 Å². The van der Waals surface area contributed by atoms with E-state index in [1.165, 1.54) is 0 Å². The minimum Gasteiger partial charge on any atom is -0.392 e. The zero-order valence-corrected chi connectivity index (χ0v) is 13.2. The lowest BCUT2D eigenvalue weighted by atomic mass is 9.81. The lowest BCUT2D eigenvalue weighted by molar-refractivity contribution is -0.0114. The van der Waals surface area contributed by atoms with E-state index >= 15 is 0 Å². The number of carbonyl (C=O) groups is 1. The van der Waals surface area contributed by atoms with Crippen molar-refractivity contribution in [2.75, 3.05) is 13.1 Å². The lowest BCUT2D eigenvalue weighted by Gasteiger charge is -2.41. The summed E-state index contributed by atoms with van der Waals surface area (Å²) >= 11 is 3.26. The summed E-state index contributed by atoms with van der Waals surface area (Å²) in [5.41, 5.74) is -0.274. The van der Waals surface area contributed by atoms with Gasteiger partial charge < -0.3 is 15.3 Å². The summed E-state index contributed by atoms with van der Waals surface area (Å²) in [4.78, 5) is 22.0. The highest BCUT2D eigenvalue weighted by Crippen LogP contribution is 2.28. The molecule has 20 heavy (non-hydrogen) atoms. The second kappa shape index (κ2) is 6.05. The first-order chi connectivity index (χ1) is 9.38. The second-order valence-corrected chi connectivity index (χ2v) is 6.61. The van der Waals surface area contributed by atoms with Crippen LogP contribution in [-0.4, -0.2) is 45.2 Å². The van der Waals surface area contributed by atoms with Crippen molar-refractivity contribution < 1.29 is 9.90 Å². The molecule has 0 bridgehead atoms. The minimum atomic E-state index is -0.360. The normalized spacial score (nSPS) is 21.6. The largest absolute Gasteiger partial charge is 0.392 e. The SMILES string of the molecule is CC1(C)CN(C(=O)NCc2ncc(Br)cn2)CCC1O. The minimum absolute atomic E-state index is 0.142. The van der Waals surface area contributed by atoms with Crippen LogP contribution in [0.2, 0.25) is 0 Å². The van der Waals surface area contributed by atoms with Gasteiger partial charge in [-0.05, 0) is 22.4 Å². The summed E-state index contributed by atoms with van der Waals surface area (Å²) in [7, 11) is 0. The third kappa shape index (κ3) is 3.67. The number of aromatic nitrogens is 2. The molecular formula is C13H19BrN4O2. The summed E-state index contributed by atoms with van der Waals surface area (Å²) in [5.74, 6) is 0.567. The number of urea groups is 1. The summed E-state index contributed by atoms with van der Waals surface area (Å²) in [6.45, 7) is 5.34. The molecule has 0 aliphatic carbocycles. The molecule has 1 fully saturated rings. The highest BCUT2D eigenvalue weighted by molar-refractivity contribution is 9.10. The Bertz CT molecular complexity index is 478. The van der Waals surface area contributed by atoms with Gasteiger partial charge in [0.25, 0.3) is 0 Å². The van der Waals surface area contributed by atoms with Crippen molar-refractivity contribution in [3.05, 3.63) is 22.7 Å². The number of piperidine rings is 1. The molecule has 1 aliphatic rings. The standard InChI is InChI=1S/C13H19BrN4O2/c1-13(2)8-18(4-3-10(13)19)12(20)17-7-11-15-5-9(14)6-16-11/h5-6,10,19H,3-4,7-8H2,1-2H3,(H,17,20). The molecular weight excluding hydrogens is 324 g/mol. The average molecular weight is 343 g/mol. The average Bonchev–Trinajstić information content (AvgIpc) is 2.41. The number of aliphatic hydroxyl groups excluding tert-OH is 1. The van der Waals surface area contributed by atoms with Crippen molar-refractivity contribution >= 4 is 22.0 Å². The van der Waals surface area contributed by atoms with Crippen LogP contribution in [0.4, 0.5) is 4.79 Å². The highest BCUT2D eigenvalue weighted by atomic mass is 79.9. The Morgan fingerprint density at radius 2 is 2.20 bits per heavy atom. The number of amides is 2. The molecule has 2 rings (SSSR count). The van der Waals surface area contributed by atoms with Gasteiger partial charge in [-0.3, -0.25) is 0 Å². The number of rotatable bonds is 2. The van der Waals surface area contributed by atoms with E-state index in [2.05, 4.69) is 31.2 Å². The van der Waals surface area contributed by atoms with Crippen molar-refractivity contribution in [3.8, 4) is 0 Å². The van der Waals surface area contributed by atoms with Gasteiger partial charge in [-0.2, -0.15) is 0 Å². The van der Waals surface area contributed by atoms with Crippen molar-refractivity contribution in [1.82, 2.24) is 20.2 Å². The Hall–Kier alpha value is -1.21. The van der Waals surface area contributed by atoms with Gasteiger partial charge >= 0.3 is 6.03 Å². The van der Waals surface area contributed by atoms with E-state index in [0.717, 1.165) is 4.47 Å². The van der Waals surface area contributed by atoms with Crippen molar-refractivity contribution in [2.24, 2.45) is 5.41 Å². The number of likely N-dealkylation sites (tertiary alicyclic amines) is 1. The number of halogens is 1. The summed E-state index contributed by atoms with van der Waals surface area (Å²) in [6.07, 6.45) is 3.54. The van der Waals surface area contributed by atoms with E-state index < -0.39 is 0 Å². The molecule has 2 amide bonds. The molecule has 7 heteroatoms. The molecule has 1 aromatic heterocycles. The van der Waals surface area contributed by atoms with Gasteiger partial charge in [0.05, 0.1) is 17.1 Å². The third-order valence-electron chi connectivity index (χ3n) is 3.53. The van der Waals surface area contributed by atoms with Crippen molar-refractivity contribution in [1.29, 1.82) is 0 Å². The molecule has 2 N–H and O–H groups in total. The topological polar surface area (TPSA) is 78.4 Å². The van der Waals surface area contributed by atoms with Gasteiger partial charge in [-0.15, -0.1) is 0 Å². The van der Waals surface area contributed by atoms with Gasteiger partial charge in [0.1, 0.15) is 5.82 Å². The Morgan fingerprint density at radius 1 is 1.55 bits per heavy atom. The molecule has 0 radical (unpaired) electrons. The third-order valence-corrected chi connectivity index (χ3v) is 3.94. The fourth-order valence-electron chi connectivity index (χ4n) is 2.22. The Kier molecular flexibility index (Phi) is 4.59. The zero-order chi connectivity index (χ0) is 14.8. The molecule has 110 valence electrons. The molecule has 0 spiro atoms. The molecule has 1 atom stereocenters. The van der Waals surface area contributed by atoms with Crippen molar-refractivity contribution in [3.63, 3.8) is 0 Å². The Morgan fingerprint density at radius 3 is 2.80 bits per heavy atom. The fraction of sp³-hybridized carbons (Fsp3) is 0.615. The molecule has 1 unspecified atom stereocenters. The number of aliphatic hydroxyl groups is 1. The molecule has 2 heterocycles. The monoisotopic (exact) mass is 342 g/mol. The number of nitrogens with one attached hydrogen (secondary N) is 1. The maximum atomic E-state index is 12.1. The Balaban J connectivity index is 1.87. The first-order valence-corrected chi connectivity index (χ1v) is 7.35. The fourth-order valence-corrected chi connectivity index (χ4v) is 2.42. The predicted molar refractivity (Wildman–Crippen MR) is 77.9 cm³/mol. The number of carbonyl (C=O) groups excluding carboxylic acids is 1. The predicted octanol–water partition coefficient (Wildman–Crippen LogP) is 1.54. The van der Waals surface area contributed by atoms with Crippen LogP contribution < -0.4 is 5.32 Å². The number of hydrogen-bond donors (Lipinski definition) is 2. The molecule has 0 saturated carbocycles. The van der Waals surface area contributed by atoms with Crippen LogP contribution in [0, 0.1) is 5.41 Å². The summed E-state index contributed by atoms with van der Waals surface area (Å²) in [5, 5.41) is 12.7. The van der Waals surface area contributed by atoms with Crippen LogP contribution in [0.25, 0.3) is 0 Å². The molecule has 1 aliphatic heterocycles. The van der Waals surface area contributed by atoms with Gasteiger partial charge in [0.2, 0.25) is 0 Å². The Labute approximate surface area is 126 Å². The molecule has 1 saturated heterocycles. The molecule has 1 aromatic rings. The van der Waals surface area contributed by atoms with Crippen LogP contribution in [-0.2, 0) is 6.54 Å². The second-order valence-electron chi connectivity index (χ2n) is 5.69. The van der Waals surface area contributed by atoms with E-state index in [0.29, 0.717) is 31.9 Å². The first-order valence-electron chi connectivity index (χ1n) is 6.56. The summed E-state index contributed by atoms with van der Waals surface area (Å²) in [6, 6.07) is -0.142.